The van der Waals surface area contributed by atoms with Gasteiger partial charge in [0.05, 0.1) is 28.2 Å². The lowest BCUT2D eigenvalue weighted by molar-refractivity contribution is -0.129. The van der Waals surface area contributed by atoms with Crippen molar-refractivity contribution in [2.75, 3.05) is 13.1 Å². The van der Waals surface area contributed by atoms with Crippen molar-refractivity contribution < 1.29 is 13.6 Å². The smallest absolute Gasteiger partial charge is 0.219 e. The van der Waals surface area contributed by atoms with Gasteiger partial charge in [0.15, 0.2) is 5.43 Å². The number of halogens is 3. The fraction of sp³-hybridized carbons (Fsp3) is 0.261. The van der Waals surface area contributed by atoms with Crippen LogP contribution in [-0.4, -0.2) is 28.9 Å². The van der Waals surface area contributed by atoms with Crippen molar-refractivity contribution in [3.05, 3.63) is 68.3 Å². The number of hydrogen-bond donors (Lipinski definition) is 1. The number of pyridine rings is 1. The van der Waals surface area contributed by atoms with Gasteiger partial charge in [-0.15, -0.1) is 0 Å². The van der Waals surface area contributed by atoms with Crippen LogP contribution in [0.15, 0.2) is 35.1 Å². The quantitative estimate of drug-likeness (QED) is 0.624. The molecule has 0 atom stereocenters. The molecule has 0 aliphatic carbocycles. The third-order valence-corrected chi connectivity index (χ3v) is 6.11. The first-order valence-corrected chi connectivity index (χ1v) is 10.2. The van der Waals surface area contributed by atoms with E-state index in [0.29, 0.717) is 42.1 Å². The molecule has 1 aliphatic heterocycles. The van der Waals surface area contributed by atoms with Gasteiger partial charge >= 0.3 is 0 Å². The van der Waals surface area contributed by atoms with E-state index in [1.165, 1.54) is 31.2 Å². The summed E-state index contributed by atoms with van der Waals surface area (Å²) >= 11 is 6.21. The Labute approximate surface area is 181 Å². The van der Waals surface area contributed by atoms with Crippen molar-refractivity contribution in [1.29, 1.82) is 5.26 Å². The molecule has 5 nitrogen and oxygen atoms in total. The van der Waals surface area contributed by atoms with Gasteiger partial charge in [0, 0.05) is 42.2 Å². The zero-order valence-electron chi connectivity index (χ0n) is 16.6. The van der Waals surface area contributed by atoms with E-state index in [1.807, 2.05) is 6.07 Å². The zero-order chi connectivity index (χ0) is 22.3. The van der Waals surface area contributed by atoms with Gasteiger partial charge in [-0.3, -0.25) is 9.59 Å². The largest absolute Gasteiger partial charge is 0.354 e. The molecule has 1 N–H and O–H groups in total. The van der Waals surface area contributed by atoms with Crippen LogP contribution in [0.5, 0.6) is 0 Å². The molecule has 0 bridgehead atoms. The van der Waals surface area contributed by atoms with Crippen LogP contribution in [-0.2, 0) is 4.79 Å². The number of H-pyrrole nitrogens is 1. The third kappa shape index (κ3) is 3.79. The maximum Gasteiger partial charge on any atom is 0.219 e. The highest BCUT2D eigenvalue weighted by atomic mass is 35.5. The van der Waals surface area contributed by atoms with Crippen LogP contribution in [0.1, 0.15) is 36.8 Å². The summed E-state index contributed by atoms with van der Waals surface area (Å²) in [4.78, 5) is 28.8. The van der Waals surface area contributed by atoms with Crippen LogP contribution in [0.3, 0.4) is 0 Å². The molecule has 2 aromatic carbocycles. The van der Waals surface area contributed by atoms with Crippen molar-refractivity contribution in [2.45, 2.75) is 25.7 Å². The molecule has 31 heavy (non-hydrogen) atoms. The maximum absolute atomic E-state index is 15.4. The van der Waals surface area contributed by atoms with E-state index in [2.05, 4.69) is 4.98 Å². The zero-order valence-corrected chi connectivity index (χ0v) is 17.4. The minimum atomic E-state index is -0.874. The van der Waals surface area contributed by atoms with Crippen molar-refractivity contribution in [3.8, 4) is 17.3 Å². The van der Waals surface area contributed by atoms with Gasteiger partial charge in [0.1, 0.15) is 11.6 Å². The Hall–Kier alpha value is -3.24. The molecule has 1 amide bonds. The van der Waals surface area contributed by atoms with E-state index in [9.17, 15) is 14.0 Å². The minimum absolute atomic E-state index is 0.0147. The fourth-order valence-corrected chi connectivity index (χ4v) is 4.38. The highest BCUT2D eigenvalue weighted by Crippen LogP contribution is 2.35. The topological polar surface area (TPSA) is 77.0 Å². The highest BCUT2D eigenvalue weighted by Gasteiger charge is 2.28. The number of fused-ring (bicyclic) bond motifs is 1. The van der Waals surface area contributed by atoms with Gasteiger partial charge in [-0.25, -0.2) is 8.78 Å². The first-order chi connectivity index (χ1) is 14.8. The van der Waals surface area contributed by atoms with E-state index < -0.39 is 23.0 Å². The van der Waals surface area contributed by atoms with E-state index >= 15 is 4.39 Å². The Bertz CT molecular complexity index is 1300. The molecule has 4 rings (SSSR count). The lowest BCUT2D eigenvalue weighted by Crippen LogP contribution is -2.36. The molecule has 1 aliphatic rings. The summed E-state index contributed by atoms with van der Waals surface area (Å²) < 4.78 is 30.3. The first kappa shape index (κ1) is 21.0. The van der Waals surface area contributed by atoms with Crippen LogP contribution in [0.4, 0.5) is 8.78 Å². The predicted octanol–water partition coefficient (Wildman–Crippen LogP) is 4.72. The number of nitrogens with zero attached hydrogens (tertiary/aromatic N) is 2. The second-order valence-corrected chi connectivity index (χ2v) is 8.05. The van der Waals surface area contributed by atoms with E-state index in [4.69, 9.17) is 16.9 Å². The number of nitriles is 1. The number of rotatable bonds is 2. The number of hydrogen-bond acceptors (Lipinski definition) is 3. The number of carbonyl (C=O) groups excluding carboxylic acids is 1. The maximum atomic E-state index is 15.4. The van der Waals surface area contributed by atoms with E-state index in [1.54, 1.807) is 4.90 Å². The number of piperidine rings is 1. The molecule has 2 heterocycles. The van der Waals surface area contributed by atoms with Gasteiger partial charge in [0.2, 0.25) is 5.91 Å². The molecular formula is C23H18ClF2N3O2. The normalized spacial score (nSPS) is 14.6. The lowest BCUT2D eigenvalue weighted by Gasteiger charge is -2.31. The molecule has 0 saturated carbocycles. The minimum Gasteiger partial charge on any atom is -0.354 e. The van der Waals surface area contributed by atoms with Crippen molar-refractivity contribution in [1.82, 2.24) is 9.88 Å². The summed E-state index contributed by atoms with van der Waals surface area (Å²) in [6, 6.07) is 8.88. The van der Waals surface area contributed by atoms with Gasteiger partial charge in [-0.05, 0) is 43.0 Å². The summed E-state index contributed by atoms with van der Waals surface area (Å²) in [5.41, 5.74) is 0.286. The fourth-order valence-electron chi connectivity index (χ4n) is 4.16. The highest BCUT2D eigenvalue weighted by molar-refractivity contribution is 6.33. The molecule has 1 saturated heterocycles. The molecule has 158 valence electrons. The van der Waals surface area contributed by atoms with Gasteiger partial charge in [-0.1, -0.05) is 11.6 Å². The second-order valence-electron chi connectivity index (χ2n) is 7.64. The van der Waals surface area contributed by atoms with Crippen LogP contribution in [0.25, 0.3) is 22.2 Å². The summed E-state index contributed by atoms with van der Waals surface area (Å²) in [6.07, 6.45) is 0.844. The average Bonchev–Trinajstić information content (AvgIpc) is 2.73. The third-order valence-electron chi connectivity index (χ3n) is 5.78. The Morgan fingerprint density at radius 2 is 1.94 bits per heavy atom. The van der Waals surface area contributed by atoms with Crippen molar-refractivity contribution in [3.63, 3.8) is 0 Å². The number of nitrogens with one attached hydrogen (secondary N) is 1. The number of benzene rings is 2. The number of aromatic amines is 1. The predicted molar refractivity (Wildman–Crippen MR) is 114 cm³/mol. The van der Waals surface area contributed by atoms with Crippen LogP contribution >= 0.6 is 11.6 Å². The number of aromatic nitrogens is 1. The van der Waals surface area contributed by atoms with Gasteiger partial charge in [-0.2, -0.15) is 5.26 Å². The monoisotopic (exact) mass is 441 g/mol. The second kappa shape index (κ2) is 8.12. The first-order valence-electron chi connectivity index (χ1n) is 9.80. The Balaban J connectivity index is 1.81. The standard InChI is InChI=1S/C23H18ClF2N3O2/c1-12(30)29-6-4-14(5-7-29)21-17(25)9-19-22(23(21)26)20(31)10-18(28-19)15-8-13(11-27)2-3-16(15)24/h2-3,8-10,14H,4-7H2,1H3,(H,28,31). The number of amides is 1. The number of carbonyl (C=O) groups is 1. The summed E-state index contributed by atoms with van der Waals surface area (Å²) in [7, 11) is 0. The van der Waals surface area contributed by atoms with E-state index in [-0.39, 0.29) is 28.1 Å². The molecular weight excluding hydrogens is 424 g/mol. The molecule has 3 aromatic rings. The molecule has 1 aromatic heterocycles. The van der Waals surface area contributed by atoms with Crippen molar-refractivity contribution >= 4 is 28.4 Å². The Kier molecular flexibility index (Phi) is 5.50. The van der Waals surface area contributed by atoms with E-state index in [0.717, 1.165) is 6.07 Å². The Morgan fingerprint density at radius 3 is 2.58 bits per heavy atom. The summed E-state index contributed by atoms with van der Waals surface area (Å²) in [5, 5.41) is 9.19. The van der Waals surface area contributed by atoms with Crippen LogP contribution in [0.2, 0.25) is 5.02 Å². The molecule has 0 unspecified atom stereocenters. The summed E-state index contributed by atoms with van der Waals surface area (Å²) in [5.74, 6) is -2.10. The number of likely N-dealkylation sites (tertiary alicyclic amines) is 1. The molecule has 0 spiro atoms. The summed E-state index contributed by atoms with van der Waals surface area (Å²) in [6.45, 7) is 2.30. The van der Waals surface area contributed by atoms with Crippen LogP contribution in [0, 0.1) is 23.0 Å². The SMILES string of the molecule is CC(=O)N1CCC(c2c(F)cc3[nH]c(-c4cc(C#N)ccc4Cl)cc(=O)c3c2F)CC1. The average molecular weight is 442 g/mol. The molecule has 8 heteroatoms. The molecule has 0 radical (unpaired) electrons. The van der Waals surface area contributed by atoms with Crippen molar-refractivity contribution in [2.24, 2.45) is 0 Å². The van der Waals surface area contributed by atoms with Gasteiger partial charge < -0.3 is 9.88 Å². The lowest BCUT2D eigenvalue weighted by atomic mass is 9.87. The molecule has 1 fully saturated rings. The van der Waals surface area contributed by atoms with Gasteiger partial charge in [0.25, 0.3) is 0 Å². The van der Waals surface area contributed by atoms with Crippen LogP contribution < -0.4 is 5.43 Å². The Morgan fingerprint density at radius 1 is 1.23 bits per heavy atom.